The van der Waals surface area contributed by atoms with Crippen molar-refractivity contribution in [3.63, 3.8) is 0 Å². The monoisotopic (exact) mass is 215 g/mol. The lowest BCUT2D eigenvalue weighted by atomic mass is 10.3. The number of aryl methyl sites for hydroxylation is 2. The van der Waals surface area contributed by atoms with Crippen molar-refractivity contribution in [1.82, 2.24) is 25.4 Å². The Morgan fingerprint density at radius 2 is 2.00 bits per heavy atom. The molecular formula is C10H9N5O. The highest BCUT2D eigenvalue weighted by Crippen LogP contribution is 2.24. The minimum atomic E-state index is 0.552. The summed E-state index contributed by atoms with van der Waals surface area (Å²) < 4.78 is 5.53. The normalized spacial score (nSPS) is 11.1. The van der Waals surface area contributed by atoms with Gasteiger partial charge in [-0.2, -0.15) is 10.3 Å². The van der Waals surface area contributed by atoms with Gasteiger partial charge in [0, 0.05) is 0 Å². The van der Waals surface area contributed by atoms with Crippen LogP contribution in [0.2, 0.25) is 0 Å². The number of hydrogen-bond donors (Lipinski definition) is 1. The molecule has 1 N–H and O–H groups in total. The molecule has 0 aromatic carbocycles. The average molecular weight is 215 g/mol. The van der Waals surface area contributed by atoms with E-state index < -0.39 is 0 Å². The molecule has 0 spiro atoms. The van der Waals surface area contributed by atoms with E-state index in [-0.39, 0.29) is 0 Å². The molecule has 0 aliphatic rings. The van der Waals surface area contributed by atoms with Crippen molar-refractivity contribution in [3.8, 4) is 11.5 Å². The molecule has 0 aliphatic carbocycles. The van der Waals surface area contributed by atoms with E-state index >= 15 is 0 Å². The van der Waals surface area contributed by atoms with E-state index in [0.717, 1.165) is 5.76 Å². The first-order valence-electron chi connectivity index (χ1n) is 4.86. The smallest absolute Gasteiger partial charge is 0.205 e. The Hall–Kier alpha value is -2.24. The van der Waals surface area contributed by atoms with Crippen molar-refractivity contribution in [1.29, 1.82) is 0 Å². The number of aromatic amines is 1. The molecular weight excluding hydrogens is 206 g/mol. The maximum absolute atomic E-state index is 5.53. The van der Waals surface area contributed by atoms with Crippen molar-refractivity contribution in [2.75, 3.05) is 0 Å². The van der Waals surface area contributed by atoms with E-state index in [9.17, 15) is 0 Å². The summed E-state index contributed by atoms with van der Waals surface area (Å²) in [6.45, 7) is 3.70. The van der Waals surface area contributed by atoms with E-state index in [1.165, 1.54) is 0 Å². The van der Waals surface area contributed by atoms with Gasteiger partial charge in [-0.3, -0.25) is 0 Å². The highest BCUT2D eigenvalue weighted by Gasteiger charge is 2.14. The molecule has 6 heteroatoms. The lowest BCUT2D eigenvalue weighted by Crippen LogP contribution is -1.92. The maximum atomic E-state index is 5.53. The SMILES string of the molecule is Cc1nc(-c2ccc(C)o2)c2n[nH]nc2n1. The number of fused-ring (bicyclic) bond motifs is 1. The summed E-state index contributed by atoms with van der Waals surface area (Å²) in [7, 11) is 0. The molecule has 3 aromatic rings. The van der Waals surface area contributed by atoms with Gasteiger partial charge in [0.25, 0.3) is 0 Å². The molecule has 0 bridgehead atoms. The Morgan fingerprint density at radius 1 is 1.12 bits per heavy atom. The Labute approximate surface area is 90.7 Å². The number of aromatic nitrogens is 5. The minimum absolute atomic E-state index is 0.552. The van der Waals surface area contributed by atoms with Crippen molar-refractivity contribution < 1.29 is 4.42 Å². The molecule has 0 fully saturated rings. The van der Waals surface area contributed by atoms with Gasteiger partial charge in [0.1, 0.15) is 17.3 Å². The molecule has 3 aromatic heterocycles. The van der Waals surface area contributed by atoms with Gasteiger partial charge in [0.15, 0.2) is 11.3 Å². The molecule has 0 saturated carbocycles. The molecule has 16 heavy (non-hydrogen) atoms. The van der Waals surface area contributed by atoms with Crippen LogP contribution in [0.25, 0.3) is 22.6 Å². The van der Waals surface area contributed by atoms with Crippen LogP contribution in [0.15, 0.2) is 16.5 Å². The molecule has 3 rings (SSSR count). The van der Waals surface area contributed by atoms with Crippen LogP contribution in [0.4, 0.5) is 0 Å². The summed E-state index contributed by atoms with van der Waals surface area (Å²) in [6.07, 6.45) is 0. The number of nitrogens with one attached hydrogen (secondary N) is 1. The number of furan rings is 1. The summed E-state index contributed by atoms with van der Waals surface area (Å²) in [5.74, 6) is 2.16. The summed E-state index contributed by atoms with van der Waals surface area (Å²) in [6, 6.07) is 3.75. The van der Waals surface area contributed by atoms with Crippen molar-refractivity contribution in [2.45, 2.75) is 13.8 Å². The molecule has 80 valence electrons. The maximum Gasteiger partial charge on any atom is 0.205 e. The minimum Gasteiger partial charge on any atom is -0.460 e. The number of hydrogen-bond acceptors (Lipinski definition) is 5. The van der Waals surface area contributed by atoms with Gasteiger partial charge in [-0.05, 0) is 26.0 Å². The molecule has 6 nitrogen and oxygen atoms in total. The first-order valence-corrected chi connectivity index (χ1v) is 4.86. The third kappa shape index (κ3) is 1.27. The van der Waals surface area contributed by atoms with E-state index in [4.69, 9.17) is 4.42 Å². The first-order chi connectivity index (χ1) is 7.74. The lowest BCUT2D eigenvalue weighted by molar-refractivity contribution is 0.546. The zero-order chi connectivity index (χ0) is 11.1. The van der Waals surface area contributed by atoms with Crippen LogP contribution in [0.3, 0.4) is 0 Å². The predicted octanol–water partition coefficient (Wildman–Crippen LogP) is 1.62. The molecule has 0 radical (unpaired) electrons. The van der Waals surface area contributed by atoms with Gasteiger partial charge < -0.3 is 4.42 Å². The Morgan fingerprint density at radius 3 is 2.75 bits per heavy atom. The van der Waals surface area contributed by atoms with Gasteiger partial charge in [0.2, 0.25) is 5.65 Å². The molecule has 0 aliphatic heterocycles. The zero-order valence-electron chi connectivity index (χ0n) is 8.85. The molecule has 0 amide bonds. The van der Waals surface area contributed by atoms with Crippen LogP contribution in [0.1, 0.15) is 11.6 Å². The van der Waals surface area contributed by atoms with E-state index in [1.807, 2.05) is 26.0 Å². The van der Waals surface area contributed by atoms with Crippen LogP contribution in [-0.2, 0) is 0 Å². The third-order valence-corrected chi connectivity index (χ3v) is 2.27. The van der Waals surface area contributed by atoms with Crippen LogP contribution in [0, 0.1) is 13.8 Å². The van der Waals surface area contributed by atoms with Crippen molar-refractivity contribution in [2.24, 2.45) is 0 Å². The van der Waals surface area contributed by atoms with Gasteiger partial charge in [-0.15, -0.1) is 5.10 Å². The topological polar surface area (TPSA) is 80.5 Å². The standard InChI is InChI=1S/C10H9N5O/c1-5-3-4-7(16-5)8-9-10(14-15-13-9)12-6(2)11-8/h3-4H,1-2H3,(H,11,12,13,14,15). The van der Waals surface area contributed by atoms with E-state index in [2.05, 4.69) is 25.4 Å². The molecule has 0 atom stereocenters. The average Bonchev–Trinajstić information content (AvgIpc) is 2.84. The van der Waals surface area contributed by atoms with Crippen LogP contribution >= 0.6 is 0 Å². The van der Waals surface area contributed by atoms with Gasteiger partial charge in [-0.1, -0.05) is 0 Å². The van der Waals surface area contributed by atoms with Gasteiger partial charge in [-0.25, -0.2) is 9.97 Å². The summed E-state index contributed by atoms with van der Waals surface area (Å²) in [4.78, 5) is 8.50. The Balaban J connectivity index is 2.33. The van der Waals surface area contributed by atoms with Gasteiger partial charge >= 0.3 is 0 Å². The zero-order valence-corrected chi connectivity index (χ0v) is 8.85. The second-order valence-electron chi connectivity index (χ2n) is 3.53. The van der Waals surface area contributed by atoms with E-state index in [1.54, 1.807) is 0 Å². The first kappa shape index (κ1) is 9.02. The molecule has 3 heterocycles. The fraction of sp³-hybridized carbons (Fsp3) is 0.200. The fourth-order valence-electron chi connectivity index (χ4n) is 1.59. The quantitative estimate of drug-likeness (QED) is 0.667. The molecule has 0 saturated heterocycles. The van der Waals surface area contributed by atoms with Crippen LogP contribution < -0.4 is 0 Å². The number of H-pyrrole nitrogens is 1. The Bertz CT molecular complexity index is 654. The van der Waals surface area contributed by atoms with Crippen LogP contribution in [-0.4, -0.2) is 25.4 Å². The fourth-order valence-corrected chi connectivity index (χ4v) is 1.59. The number of nitrogens with zero attached hydrogens (tertiary/aromatic N) is 4. The lowest BCUT2D eigenvalue weighted by Gasteiger charge is -1.97. The highest BCUT2D eigenvalue weighted by atomic mass is 16.3. The highest BCUT2D eigenvalue weighted by molar-refractivity contribution is 5.84. The second kappa shape index (κ2) is 3.13. The predicted molar refractivity (Wildman–Crippen MR) is 56.7 cm³/mol. The second-order valence-corrected chi connectivity index (χ2v) is 3.53. The summed E-state index contributed by atoms with van der Waals surface area (Å²) in [5, 5.41) is 10.5. The third-order valence-electron chi connectivity index (χ3n) is 2.27. The number of rotatable bonds is 1. The van der Waals surface area contributed by atoms with Gasteiger partial charge in [0.05, 0.1) is 0 Å². The largest absolute Gasteiger partial charge is 0.460 e. The Kier molecular flexibility index (Phi) is 1.76. The van der Waals surface area contributed by atoms with E-state index in [0.29, 0.717) is 28.4 Å². The van der Waals surface area contributed by atoms with Crippen molar-refractivity contribution >= 4 is 11.2 Å². The molecule has 0 unspecified atom stereocenters. The van der Waals surface area contributed by atoms with Crippen LogP contribution in [0.5, 0.6) is 0 Å². The van der Waals surface area contributed by atoms with Crippen molar-refractivity contribution in [3.05, 3.63) is 23.7 Å². The summed E-state index contributed by atoms with van der Waals surface area (Å²) in [5.41, 5.74) is 1.85. The summed E-state index contributed by atoms with van der Waals surface area (Å²) >= 11 is 0.